The molecule has 1 amide bonds. The van der Waals surface area contributed by atoms with E-state index in [0.29, 0.717) is 32.6 Å². The molecule has 1 saturated carbocycles. The number of carbonyl (C=O) groups excluding carboxylic acids is 1. The maximum atomic E-state index is 14.1. The first-order valence-corrected chi connectivity index (χ1v) is 13.1. The molecule has 3 rings (SSSR count). The topological polar surface area (TPSA) is 101 Å². The number of amides is 1. The summed E-state index contributed by atoms with van der Waals surface area (Å²) in [7, 11) is 0. The molecule has 0 radical (unpaired) electrons. The number of nitrogens with zero attached hydrogens (tertiary/aromatic N) is 3. The lowest BCUT2D eigenvalue weighted by molar-refractivity contribution is -0.299. The SMILES string of the molecule is CCn1nc(C(=O)NCC2(O)CCC(C)CC2)c(Cl)c1-c1cnc(NC(C)(C)C(F)(F)C(F)(F)F)cc1OC(F)F. The summed E-state index contributed by atoms with van der Waals surface area (Å²) in [5, 5.41) is 19.2. The van der Waals surface area contributed by atoms with Gasteiger partial charge in [0.15, 0.2) is 5.69 Å². The molecule has 2 aromatic heterocycles. The van der Waals surface area contributed by atoms with Gasteiger partial charge in [0.05, 0.1) is 21.9 Å². The summed E-state index contributed by atoms with van der Waals surface area (Å²) in [6.07, 6.45) is -2.47. The Labute approximate surface area is 236 Å². The molecule has 8 nitrogen and oxygen atoms in total. The van der Waals surface area contributed by atoms with Crippen LogP contribution in [0, 0.1) is 5.92 Å². The first-order valence-electron chi connectivity index (χ1n) is 12.8. The summed E-state index contributed by atoms with van der Waals surface area (Å²) in [5.41, 5.74) is -4.63. The lowest BCUT2D eigenvalue weighted by Gasteiger charge is -2.36. The molecular weight excluding hydrogens is 587 g/mol. The molecule has 0 bridgehead atoms. The summed E-state index contributed by atoms with van der Waals surface area (Å²) in [6, 6.07) is 0.721. The van der Waals surface area contributed by atoms with Crippen molar-refractivity contribution in [2.45, 2.75) is 89.8 Å². The quantitative estimate of drug-likeness (QED) is 0.271. The standard InChI is InChI=1S/C25H31ClF7N5O3/c1-5-38-19(17(26)18(37-38)20(39)35-12-23(40)8-6-13(2)7-9-23)14-11-34-16(10-15(14)41-21(27)28)36-22(3,4)24(29,30)25(31,32)33/h10-11,13,21,40H,5-9,12H2,1-4H3,(H,34,36)(H,35,39). The molecule has 0 aromatic carbocycles. The number of aryl methyl sites for hydroxylation is 1. The second-order valence-corrected chi connectivity index (χ2v) is 11.1. The highest BCUT2D eigenvalue weighted by molar-refractivity contribution is 6.36. The Morgan fingerprint density at radius 2 is 1.85 bits per heavy atom. The van der Waals surface area contributed by atoms with E-state index < -0.39 is 47.3 Å². The van der Waals surface area contributed by atoms with Crippen molar-refractivity contribution in [3.05, 3.63) is 23.0 Å². The molecule has 0 unspecified atom stereocenters. The number of halogens is 8. The van der Waals surface area contributed by atoms with Gasteiger partial charge in [-0.05, 0) is 52.4 Å². The van der Waals surface area contributed by atoms with Crippen LogP contribution in [0.25, 0.3) is 11.3 Å². The van der Waals surface area contributed by atoms with E-state index in [1.165, 1.54) is 4.68 Å². The first kappa shape index (κ1) is 32.7. The molecule has 2 aromatic rings. The second-order valence-electron chi connectivity index (χ2n) is 10.7. The Hall–Kier alpha value is -2.81. The smallest absolute Gasteiger partial charge is 0.434 e. The summed E-state index contributed by atoms with van der Waals surface area (Å²) < 4.78 is 99.3. The monoisotopic (exact) mass is 617 g/mol. The number of anilines is 1. The minimum Gasteiger partial charge on any atom is -0.434 e. The van der Waals surface area contributed by atoms with Crippen molar-refractivity contribution in [1.82, 2.24) is 20.1 Å². The minimum atomic E-state index is -5.91. The van der Waals surface area contributed by atoms with Gasteiger partial charge in [0.1, 0.15) is 17.1 Å². The predicted octanol–water partition coefficient (Wildman–Crippen LogP) is 6.28. The van der Waals surface area contributed by atoms with Gasteiger partial charge in [0, 0.05) is 25.4 Å². The molecule has 0 saturated heterocycles. The van der Waals surface area contributed by atoms with E-state index in [9.17, 15) is 40.6 Å². The van der Waals surface area contributed by atoms with Crippen molar-refractivity contribution in [2.24, 2.45) is 5.92 Å². The predicted molar refractivity (Wildman–Crippen MR) is 136 cm³/mol. The number of hydrogen-bond donors (Lipinski definition) is 3. The van der Waals surface area contributed by atoms with Crippen molar-refractivity contribution in [1.29, 1.82) is 0 Å². The molecule has 1 aliphatic rings. The van der Waals surface area contributed by atoms with Gasteiger partial charge in [0.25, 0.3) is 5.91 Å². The summed E-state index contributed by atoms with van der Waals surface area (Å²) >= 11 is 6.46. The van der Waals surface area contributed by atoms with Crippen LogP contribution in [-0.2, 0) is 6.54 Å². The van der Waals surface area contributed by atoms with Crippen molar-refractivity contribution in [3.8, 4) is 17.0 Å². The zero-order valence-corrected chi connectivity index (χ0v) is 23.4. The summed E-state index contributed by atoms with van der Waals surface area (Å²) in [4.78, 5) is 16.8. The Morgan fingerprint density at radius 3 is 2.39 bits per heavy atom. The Morgan fingerprint density at radius 1 is 1.24 bits per heavy atom. The summed E-state index contributed by atoms with van der Waals surface area (Å²) in [6.45, 7) is 1.42. The van der Waals surface area contributed by atoms with Crippen molar-refractivity contribution < 1.29 is 45.4 Å². The highest BCUT2D eigenvalue weighted by Gasteiger charge is 2.66. The fourth-order valence-corrected chi connectivity index (χ4v) is 4.83. The Kier molecular flexibility index (Phi) is 9.43. The van der Waals surface area contributed by atoms with E-state index >= 15 is 0 Å². The van der Waals surface area contributed by atoms with Gasteiger partial charge in [-0.2, -0.15) is 35.8 Å². The van der Waals surface area contributed by atoms with E-state index in [1.54, 1.807) is 6.92 Å². The van der Waals surface area contributed by atoms with E-state index in [-0.39, 0.29) is 35.1 Å². The maximum Gasteiger partial charge on any atom is 0.455 e. The molecule has 0 spiro atoms. The lowest BCUT2D eigenvalue weighted by atomic mass is 9.79. The van der Waals surface area contributed by atoms with Crippen LogP contribution in [0.3, 0.4) is 0 Å². The minimum absolute atomic E-state index is 0.0663. The zero-order valence-electron chi connectivity index (χ0n) is 22.7. The first-order chi connectivity index (χ1) is 18.8. The van der Waals surface area contributed by atoms with Crippen LogP contribution in [0.15, 0.2) is 12.3 Å². The van der Waals surface area contributed by atoms with Gasteiger partial charge >= 0.3 is 18.7 Å². The number of hydrogen-bond acceptors (Lipinski definition) is 6. The molecule has 1 fully saturated rings. The molecule has 0 atom stereocenters. The third-order valence-electron chi connectivity index (χ3n) is 7.11. The van der Waals surface area contributed by atoms with Gasteiger partial charge in [-0.25, -0.2) is 4.98 Å². The fraction of sp³-hybridized carbons (Fsp3) is 0.640. The summed E-state index contributed by atoms with van der Waals surface area (Å²) in [5.74, 6) is -6.80. The molecule has 3 N–H and O–H groups in total. The van der Waals surface area contributed by atoms with E-state index in [4.69, 9.17) is 11.6 Å². The van der Waals surface area contributed by atoms with Crippen molar-refractivity contribution in [3.63, 3.8) is 0 Å². The third-order valence-corrected chi connectivity index (χ3v) is 7.47. The molecule has 16 heteroatoms. The van der Waals surface area contributed by atoms with E-state index in [1.807, 2.05) is 5.32 Å². The molecular formula is C25H31ClF7N5O3. The van der Waals surface area contributed by atoms with Crippen LogP contribution in [-0.4, -0.2) is 62.2 Å². The number of alkyl halides is 7. The number of ether oxygens (including phenoxy) is 1. The highest BCUT2D eigenvalue weighted by atomic mass is 35.5. The van der Waals surface area contributed by atoms with Gasteiger partial charge < -0.3 is 20.5 Å². The van der Waals surface area contributed by atoms with Crippen LogP contribution in [0.5, 0.6) is 5.75 Å². The third kappa shape index (κ3) is 6.99. The average Bonchev–Trinajstić information content (AvgIpc) is 3.19. The van der Waals surface area contributed by atoms with Crippen LogP contribution in [0.2, 0.25) is 5.02 Å². The van der Waals surface area contributed by atoms with Gasteiger partial charge in [-0.15, -0.1) is 0 Å². The Bertz CT molecular complexity index is 1240. The lowest BCUT2D eigenvalue weighted by Crippen LogP contribution is -2.57. The Balaban J connectivity index is 1.95. The average molecular weight is 618 g/mol. The van der Waals surface area contributed by atoms with E-state index in [2.05, 4.69) is 27.1 Å². The molecule has 41 heavy (non-hydrogen) atoms. The zero-order chi connectivity index (χ0) is 31.0. The molecule has 1 aliphatic carbocycles. The van der Waals surface area contributed by atoms with Gasteiger partial charge in [-0.1, -0.05) is 18.5 Å². The van der Waals surface area contributed by atoms with Crippen molar-refractivity contribution in [2.75, 3.05) is 11.9 Å². The maximum absolute atomic E-state index is 14.1. The molecule has 230 valence electrons. The number of rotatable bonds is 10. The normalized spacial score (nSPS) is 20.3. The largest absolute Gasteiger partial charge is 0.455 e. The molecule has 2 heterocycles. The van der Waals surface area contributed by atoms with Gasteiger partial charge in [-0.3, -0.25) is 9.48 Å². The van der Waals surface area contributed by atoms with Gasteiger partial charge in [0.2, 0.25) is 0 Å². The van der Waals surface area contributed by atoms with Crippen LogP contribution >= 0.6 is 11.6 Å². The number of aromatic nitrogens is 3. The van der Waals surface area contributed by atoms with Crippen LogP contribution < -0.4 is 15.4 Å². The number of pyridine rings is 1. The van der Waals surface area contributed by atoms with E-state index in [0.717, 1.165) is 25.1 Å². The van der Waals surface area contributed by atoms with Crippen molar-refractivity contribution >= 4 is 23.3 Å². The highest BCUT2D eigenvalue weighted by Crippen LogP contribution is 2.45. The number of carbonyl (C=O) groups is 1. The fourth-order valence-electron chi connectivity index (χ4n) is 4.51. The number of nitrogens with one attached hydrogen (secondary N) is 2. The second kappa shape index (κ2) is 11.8. The number of aliphatic hydroxyl groups is 1. The van der Waals surface area contributed by atoms with Crippen LogP contribution in [0.1, 0.15) is 63.9 Å². The van der Waals surface area contributed by atoms with Crippen LogP contribution in [0.4, 0.5) is 36.6 Å². The molecule has 0 aliphatic heterocycles.